The highest BCUT2D eigenvalue weighted by Gasteiger charge is 2.32. The van der Waals surface area contributed by atoms with Crippen molar-refractivity contribution >= 4 is 26.2 Å². The summed E-state index contributed by atoms with van der Waals surface area (Å²) in [5, 5.41) is 0. The Morgan fingerprint density at radius 1 is 1.29 bits per heavy atom. The van der Waals surface area contributed by atoms with Crippen molar-refractivity contribution in [1.82, 2.24) is 14.5 Å². The zero-order valence-electron chi connectivity index (χ0n) is 20.3. The lowest BCUT2D eigenvalue weighted by molar-refractivity contribution is -0.127. The van der Waals surface area contributed by atoms with Gasteiger partial charge in [0.25, 0.3) is 5.91 Å². The zero-order valence-corrected chi connectivity index (χ0v) is 21.3. The number of likely N-dealkylation sites (tertiary alicyclic amines) is 1. The van der Waals surface area contributed by atoms with Gasteiger partial charge in [-0.1, -0.05) is 33.0 Å². The fourth-order valence-electron chi connectivity index (χ4n) is 3.21. The van der Waals surface area contributed by atoms with Crippen molar-refractivity contribution in [3.63, 3.8) is 0 Å². The van der Waals surface area contributed by atoms with Crippen molar-refractivity contribution < 1.29 is 19.1 Å². The third kappa shape index (κ3) is 8.25. The number of aryl methyl sites for hydroxylation is 1. The number of carbonyl (C=O) groups is 2. The van der Waals surface area contributed by atoms with Crippen LogP contribution in [0.4, 0.5) is 4.79 Å². The summed E-state index contributed by atoms with van der Waals surface area (Å²) in [6, 6.07) is 1.10. The monoisotopic (exact) mass is 449 g/mol. The molecule has 0 unspecified atom stereocenters. The van der Waals surface area contributed by atoms with Crippen molar-refractivity contribution in [1.29, 1.82) is 0 Å². The first-order chi connectivity index (χ1) is 14.4. The highest BCUT2D eigenvalue weighted by atomic mass is 28.3. The molecular formula is C23H39N3O4Si. The van der Waals surface area contributed by atoms with Crippen LogP contribution in [0.5, 0.6) is 0 Å². The van der Waals surface area contributed by atoms with E-state index in [1.807, 2.05) is 10.8 Å². The largest absolute Gasteiger partial charge is 0.443 e. The van der Waals surface area contributed by atoms with E-state index in [1.54, 1.807) is 26.8 Å². The van der Waals surface area contributed by atoms with Crippen molar-refractivity contribution in [2.75, 3.05) is 13.2 Å². The van der Waals surface area contributed by atoms with E-state index in [-0.39, 0.29) is 5.91 Å². The Morgan fingerprint density at radius 3 is 2.61 bits per heavy atom. The van der Waals surface area contributed by atoms with Gasteiger partial charge in [0.1, 0.15) is 18.2 Å². The highest BCUT2D eigenvalue weighted by Crippen LogP contribution is 2.23. The van der Waals surface area contributed by atoms with Gasteiger partial charge in [0, 0.05) is 33.0 Å². The molecule has 0 N–H and O–H groups in total. The number of nitrogens with zero attached hydrogens (tertiary/aromatic N) is 3. The lowest BCUT2D eigenvalue weighted by atomic mass is 10.0. The number of imide groups is 1. The molecule has 1 fully saturated rings. The van der Waals surface area contributed by atoms with Gasteiger partial charge in [0.2, 0.25) is 0 Å². The fraction of sp³-hybridized carbons (Fsp3) is 0.696. The topological polar surface area (TPSA) is 73.7 Å². The summed E-state index contributed by atoms with van der Waals surface area (Å²) in [7, 11) is -1.15. The number of hydrogen-bond donors (Lipinski definition) is 0. The summed E-state index contributed by atoms with van der Waals surface area (Å²) in [6.45, 7) is 16.0. The summed E-state index contributed by atoms with van der Waals surface area (Å²) < 4.78 is 13.3. The summed E-state index contributed by atoms with van der Waals surface area (Å²) >= 11 is 0. The summed E-state index contributed by atoms with van der Waals surface area (Å²) in [5.74, 6) is 0.401. The highest BCUT2D eigenvalue weighted by molar-refractivity contribution is 6.76. The van der Waals surface area contributed by atoms with E-state index >= 15 is 0 Å². The Balaban J connectivity index is 2.17. The lowest BCUT2D eigenvalue weighted by Gasteiger charge is -2.29. The van der Waals surface area contributed by atoms with Crippen LogP contribution in [0.15, 0.2) is 11.8 Å². The van der Waals surface area contributed by atoms with E-state index in [1.165, 1.54) is 4.90 Å². The smallest absolute Gasteiger partial charge is 0.417 e. The molecule has 7 nitrogen and oxygen atoms in total. The average molecular weight is 450 g/mol. The van der Waals surface area contributed by atoms with E-state index in [2.05, 4.69) is 26.6 Å². The maximum absolute atomic E-state index is 13.0. The minimum absolute atomic E-state index is 0.299. The Kier molecular flexibility index (Phi) is 8.65. The van der Waals surface area contributed by atoms with Gasteiger partial charge in [-0.15, -0.1) is 0 Å². The molecule has 2 rings (SSSR count). The van der Waals surface area contributed by atoms with Crippen molar-refractivity contribution in [2.24, 2.45) is 0 Å². The van der Waals surface area contributed by atoms with Gasteiger partial charge >= 0.3 is 6.09 Å². The van der Waals surface area contributed by atoms with Gasteiger partial charge < -0.3 is 14.0 Å². The molecule has 174 valence electrons. The fourth-order valence-corrected chi connectivity index (χ4v) is 3.97. The first-order valence-electron chi connectivity index (χ1n) is 11.3. The van der Waals surface area contributed by atoms with Gasteiger partial charge in [-0.2, -0.15) is 0 Å². The zero-order chi connectivity index (χ0) is 23.2. The molecule has 31 heavy (non-hydrogen) atoms. The Hall–Kier alpha value is -1.93. The molecule has 2 amide bonds. The number of aromatic nitrogens is 2. The standard InChI is InChI=1S/C23H39N3O4Si/c1-8-10-19-16-25(17-29-13-14-31(5,6)7)20(24-19)15-18-11-9-12-26(21(18)27)22(28)30-23(2,3)4/h15-16H,8-14,17H2,1-7H3. The molecule has 2 heterocycles. The second-order valence-electron chi connectivity index (χ2n) is 10.4. The van der Waals surface area contributed by atoms with Crippen LogP contribution in [0.2, 0.25) is 25.7 Å². The Bertz CT molecular complexity index is 803. The number of hydrogen-bond acceptors (Lipinski definition) is 5. The molecule has 0 aliphatic carbocycles. The molecule has 1 aliphatic rings. The van der Waals surface area contributed by atoms with E-state index in [0.29, 0.717) is 37.5 Å². The molecular weight excluding hydrogens is 410 g/mol. The van der Waals surface area contributed by atoms with Crippen LogP contribution in [-0.2, 0) is 27.4 Å². The second-order valence-corrected chi connectivity index (χ2v) is 16.0. The van der Waals surface area contributed by atoms with E-state index < -0.39 is 19.8 Å². The van der Waals surface area contributed by atoms with Crippen LogP contribution in [0.3, 0.4) is 0 Å². The third-order valence-electron chi connectivity index (χ3n) is 4.86. The van der Waals surface area contributed by atoms with Crippen LogP contribution >= 0.6 is 0 Å². The molecule has 0 bridgehead atoms. The van der Waals surface area contributed by atoms with Crippen LogP contribution < -0.4 is 0 Å². The van der Waals surface area contributed by atoms with Crippen molar-refractivity contribution in [3.8, 4) is 0 Å². The quantitative estimate of drug-likeness (QED) is 0.314. The average Bonchev–Trinajstić information content (AvgIpc) is 3.00. The van der Waals surface area contributed by atoms with E-state index in [9.17, 15) is 9.59 Å². The molecule has 1 aromatic heterocycles. The first kappa shape index (κ1) is 25.3. The lowest BCUT2D eigenvalue weighted by Crippen LogP contribution is -2.44. The molecule has 1 saturated heterocycles. The van der Waals surface area contributed by atoms with Crippen molar-refractivity contribution in [2.45, 2.75) is 91.4 Å². The van der Waals surface area contributed by atoms with Gasteiger partial charge in [-0.3, -0.25) is 4.79 Å². The number of amides is 2. The molecule has 1 aromatic rings. The van der Waals surface area contributed by atoms with Crippen molar-refractivity contribution in [3.05, 3.63) is 23.3 Å². The van der Waals surface area contributed by atoms with Gasteiger partial charge in [-0.25, -0.2) is 14.7 Å². The predicted molar refractivity (Wildman–Crippen MR) is 125 cm³/mol. The minimum Gasteiger partial charge on any atom is -0.443 e. The maximum Gasteiger partial charge on any atom is 0.417 e. The third-order valence-corrected chi connectivity index (χ3v) is 6.56. The number of carbonyl (C=O) groups excluding carboxylic acids is 2. The molecule has 1 aliphatic heterocycles. The van der Waals surface area contributed by atoms with Crippen LogP contribution in [0.25, 0.3) is 6.08 Å². The van der Waals surface area contributed by atoms with E-state index in [0.717, 1.165) is 31.2 Å². The van der Waals surface area contributed by atoms with Gasteiger partial charge in [0.05, 0.1) is 5.69 Å². The molecule has 0 spiro atoms. The number of imidazole rings is 1. The predicted octanol–water partition coefficient (Wildman–Crippen LogP) is 5.09. The first-order valence-corrected chi connectivity index (χ1v) is 15.0. The Morgan fingerprint density at radius 2 is 2.00 bits per heavy atom. The van der Waals surface area contributed by atoms with Crippen LogP contribution in [-0.4, -0.2) is 53.3 Å². The molecule has 0 radical (unpaired) electrons. The SMILES string of the molecule is CCCc1cn(COCC[Si](C)(C)C)c(C=C2CCCN(C(=O)OC(C)(C)C)C2=O)n1. The van der Waals surface area contributed by atoms with Crippen LogP contribution in [0, 0.1) is 0 Å². The van der Waals surface area contributed by atoms with E-state index in [4.69, 9.17) is 14.5 Å². The molecule has 0 atom stereocenters. The molecule has 0 aromatic carbocycles. The summed E-state index contributed by atoms with van der Waals surface area (Å²) in [4.78, 5) is 31.3. The van der Waals surface area contributed by atoms with Gasteiger partial charge in [0.15, 0.2) is 0 Å². The van der Waals surface area contributed by atoms with Crippen LogP contribution in [0.1, 0.15) is 58.5 Å². The molecule has 0 saturated carbocycles. The Labute approximate surface area is 187 Å². The number of ether oxygens (including phenoxy) is 2. The number of rotatable bonds is 8. The summed E-state index contributed by atoms with van der Waals surface area (Å²) in [6.07, 6.45) is 6.41. The maximum atomic E-state index is 13.0. The number of piperidine rings is 1. The molecule has 8 heteroatoms. The van der Waals surface area contributed by atoms with Gasteiger partial charge in [-0.05, 0) is 52.2 Å². The second kappa shape index (κ2) is 10.6. The minimum atomic E-state index is -1.15. The normalized spacial score (nSPS) is 16.8. The summed E-state index contributed by atoms with van der Waals surface area (Å²) in [5.41, 5.74) is 0.918.